The lowest BCUT2D eigenvalue weighted by Gasteiger charge is -2.20. The average Bonchev–Trinajstić information content (AvgIpc) is 2.48. The summed E-state index contributed by atoms with van der Waals surface area (Å²) < 4.78 is 26.5. The number of hydrogen-bond acceptors (Lipinski definition) is 2. The van der Waals surface area contributed by atoms with E-state index in [0.29, 0.717) is 5.56 Å². The predicted molar refractivity (Wildman–Crippen MR) is 82.6 cm³/mol. The van der Waals surface area contributed by atoms with Crippen molar-refractivity contribution in [3.8, 4) is 0 Å². The van der Waals surface area contributed by atoms with E-state index in [9.17, 15) is 8.78 Å². The molecular weight excluding hydrogens is 270 g/mol. The third kappa shape index (κ3) is 3.58. The van der Waals surface area contributed by atoms with Crippen molar-refractivity contribution in [2.45, 2.75) is 13.0 Å². The highest BCUT2D eigenvalue weighted by molar-refractivity contribution is 5.47. The Bertz CT molecular complexity index is 594. The number of hydrogen-bond donors (Lipinski definition) is 1. The highest BCUT2D eigenvalue weighted by atomic mass is 19.2. The van der Waals surface area contributed by atoms with Gasteiger partial charge < -0.3 is 10.2 Å². The molecule has 0 bridgehead atoms. The molecule has 4 heteroatoms. The Hall–Kier alpha value is -1.94. The Morgan fingerprint density at radius 1 is 0.952 bits per heavy atom. The minimum atomic E-state index is -0.822. The molecule has 2 aromatic carbocycles. The predicted octanol–water partition coefficient (Wildman–Crippen LogP) is 3.73. The van der Waals surface area contributed by atoms with Gasteiger partial charge in [0.15, 0.2) is 11.6 Å². The van der Waals surface area contributed by atoms with Gasteiger partial charge in [0, 0.05) is 19.8 Å². The molecule has 1 atom stereocenters. The van der Waals surface area contributed by atoms with Crippen LogP contribution in [0.1, 0.15) is 24.1 Å². The second-order valence-corrected chi connectivity index (χ2v) is 5.15. The summed E-state index contributed by atoms with van der Waals surface area (Å²) in [5, 5.41) is 3.31. The highest BCUT2D eigenvalue weighted by Gasteiger charge is 2.15. The minimum absolute atomic E-state index is 0.152. The van der Waals surface area contributed by atoms with Gasteiger partial charge in [-0.1, -0.05) is 25.1 Å². The molecule has 2 aromatic rings. The molecule has 0 saturated heterocycles. The van der Waals surface area contributed by atoms with Crippen molar-refractivity contribution in [3.63, 3.8) is 0 Å². The third-order valence-corrected chi connectivity index (χ3v) is 3.43. The first-order chi connectivity index (χ1) is 10.0. The zero-order valence-corrected chi connectivity index (χ0v) is 12.5. The molecule has 0 saturated carbocycles. The van der Waals surface area contributed by atoms with Crippen molar-refractivity contribution in [3.05, 3.63) is 65.2 Å². The van der Waals surface area contributed by atoms with Gasteiger partial charge in [-0.15, -0.1) is 0 Å². The maximum atomic E-state index is 13.5. The Labute approximate surface area is 124 Å². The first-order valence-electron chi connectivity index (χ1n) is 6.98. The van der Waals surface area contributed by atoms with E-state index in [2.05, 4.69) is 5.32 Å². The van der Waals surface area contributed by atoms with Crippen molar-refractivity contribution in [2.75, 3.05) is 25.5 Å². The molecule has 2 rings (SSSR count). The molecule has 0 spiro atoms. The van der Waals surface area contributed by atoms with E-state index in [4.69, 9.17) is 0 Å². The summed E-state index contributed by atoms with van der Waals surface area (Å²) in [7, 11) is 3.96. The molecule has 0 aliphatic rings. The molecule has 1 N–H and O–H groups in total. The van der Waals surface area contributed by atoms with Gasteiger partial charge in [0.1, 0.15) is 0 Å². The van der Waals surface area contributed by atoms with Gasteiger partial charge in [-0.05, 0) is 41.9 Å². The van der Waals surface area contributed by atoms with E-state index in [1.54, 1.807) is 6.07 Å². The maximum absolute atomic E-state index is 13.5. The normalized spacial score (nSPS) is 12.2. The molecule has 0 radical (unpaired) electrons. The molecule has 0 heterocycles. The molecule has 0 aliphatic carbocycles. The second-order valence-electron chi connectivity index (χ2n) is 5.15. The average molecular weight is 290 g/mol. The van der Waals surface area contributed by atoms with E-state index in [0.717, 1.165) is 17.8 Å². The summed E-state index contributed by atoms with van der Waals surface area (Å²) in [5.41, 5.74) is 2.83. The Balaban J connectivity index is 2.35. The summed E-state index contributed by atoms with van der Waals surface area (Å²) in [6.07, 6.45) is 0. The van der Waals surface area contributed by atoms with Gasteiger partial charge >= 0.3 is 0 Å². The van der Waals surface area contributed by atoms with E-state index in [1.165, 1.54) is 12.1 Å². The third-order valence-electron chi connectivity index (χ3n) is 3.43. The largest absolute Gasteiger partial charge is 0.378 e. The Kier molecular flexibility index (Phi) is 4.91. The van der Waals surface area contributed by atoms with Crippen molar-refractivity contribution < 1.29 is 8.78 Å². The molecule has 0 fully saturated rings. The fourth-order valence-electron chi connectivity index (χ4n) is 2.29. The molecule has 0 aromatic heterocycles. The van der Waals surface area contributed by atoms with Crippen LogP contribution in [0.4, 0.5) is 14.5 Å². The zero-order valence-electron chi connectivity index (χ0n) is 12.5. The van der Waals surface area contributed by atoms with Crippen molar-refractivity contribution in [1.82, 2.24) is 5.32 Å². The van der Waals surface area contributed by atoms with Gasteiger partial charge in [0.25, 0.3) is 0 Å². The first-order valence-corrected chi connectivity index (χ1v) is 6.98. The monoisotopic (exact) mass is 290 g/mol. The van der Waals surface area contributed by atoms with Gasteiger partial charge in [0.2, 0.25) is 0 Å². The van der Waals surface area contributed by atoms with Crippen LogP contribution in [0.3, 0.4) is 0 Å². The van der Waals surface area contributed by atoms with Gasteiger partial charge in [0.05, 0.1) is 6.04 Å². The van der Waals surface area contributed by atoms with Crippen LogP contribution in [0.15, 0.2) is 42.5 Å². The van der Waals surface area contributed by atoms with Gasteiger partial charge in [-0.3, -0.25) is 0 Å². The number of nitrogens with zero attached hydrogens (tertiary/aromatic N) is 1. The van der Waals surface area contributed by atoms with Crippen molar-refractivity contribution in [2.24, 2.45) is 0 Å². The summed E-state index contributed by atoms with van der Waals surface area (Å²) in [6, 6.07) is 11.9. The van der Waals surface area contributed by atoms with E-state index in [-0.39, 0.29) is 6.04 Å². The minimum Gasteiger partial charge on any atom is -0.378 e. The van der Waals surface area contributed by atoms with E-state index >= 15 is 0 Å². The van der Waals surface area contributed by atoms with Gasteiger partial charge in [-0.2, -0.15) is 0 Å². The van der Waals surface area contributed by atoms with Crippen LogP contribution in [0.25, 0.3) is 0 Å². The number of benzene rings is 2. The quantitative estimate of drug-likeness (QED) is 0.902. The number of nitrogens with one attached hydrogen (secondary N) is 1. The topological polar surface area (TPSA) is 15.3 Å². The van der Waals surface area contributed by atoms with Crippen LogP contribution in [0.5, 0.6) is 0 Å². The number of rotatable bonds is 5. The molecule has 0 amide bonds. The Morgan fingerprint density at radius 3 is 2.10 bits per heavy atom. The standard InChI is InChI=1S/C17H20F2N2/c1-4-20-17(13-7-10-15(18)16(19)11-13)12-5-8-14(9-6-12)21(2)3/h5-11,17,20H,4H2,1-3H3. The maximum Gasteiger partial charge on any atom is 0.159 e. The number of halogens is 2. The molecular formula is C17H20F2N2. The Morgan fingerprint density at radius 2 is 1.57 bits per heavy atom. The van der Waals surface area contributed by atoms with Crippen LogP contribution >= 0.6 is 0 Å². The van der Waals surface area contributed by atoms with Crippen LogP contribution in [-0.4, -0.2) is 20.6 Å². The molecule has 21 heavy (non-hydrogen) atoms. The van der Waals surface area contributed by atoms with Crippen molar-refractivity contribution >= 4 is 5.69 Å². The summed E-state index contributed by atoms with van der Waals surface area (Å²) in [5.74, 6) is -1.64. The summed E-state index contributed by atoms with van der Waals surface area (Å²) in [6.45, 7) is 2.72. The zero-order chi connectivity index (χ0) is 15.4. The van der Waals surface area contributed by atoms with Gasteiger partial charge in [-0.25, -0.2) is 8.78 Å². The van der Waals surface area contributed by atoms with E-state index < -0.39 is 11.6 Å². The fraction of sp³-hybridized carbons (Fsp3) is 0.294. The second kappa shape index (κ2) is 6.68. The lowest BCUT2D eigenvalue weighted by atomic mass is 9.98. The first kappa shape index (κ1) is 15.4. The smallest absolute Gasteiger partial charge is 0.159 e. The molecule has 112 valence electrons. The SMILES string of the molecule is CCNC(c1ccc(N(C)C)cc1)c1ccc(F)c(F)c1. The summed E-state index contributed by atoms with van der Waals surface area (Å²) >= 11 is 0. The fourth-order valence-corrected chi connectivity index (χ4v) is 2.29. The van der Waals surface area contributed by atoms with Crippen LogP contribution < -0.4 is 10.2 Å². The highest BCUT2D eigenvalue weighted by Crippen LogP contribution is 2.25. The molecule has 1 unspecified atom stereocenters. The van der Waals surface area contributed by atoms with Crippen LogP contribution in [-0.2, 0) is 0 Å². The van der Waals surface area contributed by atoms with E-state index in [1.807, 2.05) is 50.2 Å². The van der Waals surface area contributed by atoms with Crippen LogP contribution in [0, 0.1) is 11.6 Å². The summed E-state index contributed by atoms with van der Waals surface area (Å²) in [4.78, 5) is 2.02. The lowest BCUT2D eigenvalue weighted by molar-refractivity contribution is 0.504. The lowest BCUT2D eigenvalue weighted by Crippen LogP contribution is -2.22. The number of anilines is 1. The molecule has 2 nitrogen and oxygen atoms in total. The molecule has 0 aliphatic heterocycles. The van der Waals surface area contributed by atoms with Crippen LogP contribution in [0.2, 0.25) is 0 Å². The van der Waals surface area contributed by atoms with Crippen molar-refractivity contribution in [1.29, 1.82) is 0 Å².